The molecule has 0 radical (unpaired) electrons. The van der Waals surface area contributed by atoms with Gasteiger partial charge in [0.1, 0.15) is 5.75 Å². The van der Waals surface area contributed by atoms with Gasteiger partial charge in [-0.05, 0) is 38.6 Å². The SMILES string of the molecule is CNC(C)(CCSc1cccc(OC)c1)C(N)=O. The zero-order chi connectivity index (χ0) is 13.6. The van der Waals surface area contributed by atoms with Crippen molar-refractivity contribution in [1.29, 1.82) is 0 Å². The van der Waals surface area contributed by atoms with Crippen LogP contribution in [-0.4, -0.2) is 31.4 Å². The molecule has 0 aliphatic carbocycles. The molecule has 1 aromatic carbocycles. The molecule has 0 fully saturated rings. The maximum Gasteiger partial charge on any atom is 0.237 e. The summed E-state index contributed by atoms with van der Waals surface area (Å²) in [6.45, 7) is 1.82. The third kappa shape index (κ3) is 3.92. The highest BCUT2D eigenvalue weighted by Gasteiger charge is 2.28. The summed E-state index contributed by atoms with van der Waals surface area (Å²) in [5, 5.41) is 2.97. The van der Waals surface area contributed by atoms with E-state index in [9.17, 15) is 4.79 Å². The van der Waals surface area contributed by atoms with Crippen LogP contribution in [-0.2, 0) is 4.79 Å². The Bertz CT molecular complexity index is 412. The Morgan fingerprint density at radius 3 is 2.83 bits per heavy atom. The van der Waals surface area contributed by atoms with Crippen LogP contribution in [0.15, 0.2) is 29.2 Å². The predicted molar refractivity (Wildman–Crippen MR) is 75.0 cm³/mol. The predicted octanol–water partition coefficient (Wildman–Crippen LogP) is 1.64. The number of hydrogen-bond donors (Lipinski definition) is 2. The van der Waals surface area contributed by atoms with Gasteiger partial charge in [-0.3, -0.25) is 4.79 Å². The summed E-state index contributed by atoms with van der Waals surface area (Å²) in [5.74, 6) is 1.33. The minimum Gasteiger partial charge on any atom is -0.497 e. The smallest absolute Gasteiger partial charge is 0.237 e. The van der Waals surface area contributed by atoms with E-state index in [0.717, 1.165) is 16.4 Å². The van der Waals surface area contributed by atoms with E-state index in [-0.39, 0.29) is 5.91 Å². The first-order valence-corrected chi connectivity index (χ1v) is 6.76. The highest BCUT2D eigenvalue weighted by molar-refractivity contribution is 7.99. The van der Waals surface area contributed by atoms with Gasteiger partial charge in [-0.15, -0.1) is 11.8 Å². The number of nitrogens with one attached hydrogen (secondary N) is 1. The molecule has 1 aromatic rings. The van der Waals surface area contributed by atoms with Gasteiger partial charge in [0, 0.05) is 10.6 Å². The molecule has 0 heterocycles. The number of thioether (sulfide) groups is 1. The lowest BCUT2D eigenvalue weighted by atomic mass is 9.99. The summed E-state index contributed by atoms with van der Waals surface area (Å²) in [7, 11) is 3.40. The van der Waals surface area contributed by atoms with E-state index in [1.165, 1.54) is 0 Å². The Balaban J connectivity index is 2.53. The number of primary amides is 1. The topological polar surface area (TPSA) is 64.3 Å². The molecule has 0 saturated heterocycles. The minimum atomic E-state index is -0.647. The largest absolute Gasteiger partial charge is 0.497 e. The Morgan fingerprint density at radius 1 is 1.56 bits per heavy atom. The molecule has 100 valence electrons. The zero-order valence-electron chi connectivity index (χ0n) is 11.0. The van der Waals surface area contributed by atoms with Crippen molar-refractivity contribution in [3.63, 3.8) is 0 Å². The molecule has 0 saturated carbocycles. The number of likely N-dealkylation sites (N-methyl/N-ethyl adjacent to an activating group) is 1. The zero-order valence-corrected chi connectivity index (χ0v) is 11.8. The first-order chi connectivity index (χ1) is 8.51. The highest BCUT2D eigenvalue weighted by atomic mass is 32.2. The van der Waals surface area contributed by atoms with Crippen LogP contribution < -0.4 is 15.8 Å². The normalized spacial score (nSPS) is 13.9. The number of amides is 1. The Hall–Kier alpha value is -1.20. The monoisotopic (exact) mass is 268 g/mol. The molecule has 0 aliphatic rings. The molecule has 4 nitrogen and oxygen atoms in total. The fourth-order valence-electron chi connectivity index (χ4n) is 1.44. The van der Waals surface area contributed by atoms with Gasteiger partial charge in [-0.1, -0.05) is 6.07 Å². The van der Waals surface area contributed by atoms with Gasteiger partial charge in [0.15, 0.2) is 0 Å². The average Bonchev–Trinajstić information content (AvgIpc) is 2.38. The van der Waals surface area contributed by atoms with E-state index in [1.807, 2.05) is 31.2 Å². The molecular formula is C13H20N2O2S. The second-order valence-corrected chi connectivity index (χ2v) is 5.39. The van der Waals surface area contributed by atoms with Crippen molar-refractivity contribution in [3.05, 3.63) is 24.3 Å². The molecule has 1 rings (SSSR count). The van der Waals surface area contributed by atoms with E-state index in [1.54, 1.807) is 25.9 Å². The van der Waals surface area contributed by atoms with Crippen LogP contribution >= 0.6 is 11.8 Å². The van der Waals surface area contributed by atoms with Crippen LogP contribution in [0.25, 0.3) is 0 Å². The Morgan fingerprint density at radius 2 is 2.28 bits per heavy atom. The quantitative estimate of drug-likeness (QED) is 0.738. The molecule has 3 N–H and O–H groups in total. The standard InChI is InChI=1S/C13H20N2O2S/c1-13(15-2,12(14)16)7-8-18-11-6-4-5-10(9-11)17-3/h4-6,9,15H,7-8H2,1-3H3,(H2,14,16). The summed E-state index contributed by atoms with van der Waals surface area (Å²) in [6, 6.07) is 7.86. The van der Waals surface area contributed by atoms with E-state index in [0.29, 0.717) is 6.42 Å². The van der Waals surface area contributed by atoms with Gasteiger partial charge < -0.3 is 15.8 Å². The lowest BCUT2D eigenvalue weighted by Gasteiger charge is -2.25. The fourth-order valence-corrected chi connectivity index (χ4v) is 2.56. The molecule has 0 spiro atoms. The summed E-state index contributed by atoms with van der Waals surface area (Å²) in [6.07, 6.45) is 0.681. The molecular weight excluding hydrogens is 248 g/mol. The number of nitrogens with two attached hydrogens (primary N) is 1. The Kier molecular flexibility index (Phi) is 5.50. The number of ether oxygens (including phenoxy) is 1. The molecule has 0 aromatic heterocycles. The fraction of sp³-hybridized carbons (Fsp3) is 0.462. The van der Waals surface area contributed by atoms with Crippen molar-refractivity contribution in [2.45, 2.75) is 23.8 Å². The van der Waals surface area contributed by atoms with Gasteiger partial charge in [-0.2, -0.15) is 0 Å². The third-order valence-electron chi connectivity index (χ3n) is 3.01. The van der Waals surface area contributed by atoms with Crippen LogP contribution in [0.3, 0.4) is 0 Å². The van der Waals surface area contributed by atoms with Crippen LogP contribution in [0, 0.1) is 0 Å². The molecule has 1 atom stereocenters. The van der Waals surface area contributed by atoms with E-state index in [2.05, 4.69) is 5.32 Å². The molecule has 1 unspecified atom stereocenters. The van der Waals surface area contributed by atoms with E-state index < -0.39 is 5.54 Å². The van der Waals surface area contributed by atoms with Crippen molar-refractivity contribution in [3.8, 4) is 5.75 Å². The maximum absolute atomic E-state index is 11.3. The second-order valence-electron chi connectivity index (χ2n) is 4.22. The summed E-state index contributed by atoms with van der Waals surface area (Å²) >= 11 is 1.68. The molecule has 18 heavy (non-hydrogen) atoms. The van der Waals surface area contributed by atoms with Crippen LogP contribution in [0.4, 0.5) is 0 Å². The minimum absolute atomic E-state index is 0.323. The third-order valence-corrected chi connectivity index (χ3v) is 4.00. The van der Waals surface area contributed by atoms with Crippen LogP contribution in [0.1, 0.15) is 13.3 Å². The van der Waals surface area contributed by atoms with Crippen molar-refractivity contribution in [2.75, 3.05) is 19.9 Å². The van der Waals surface area contributed by atoms with E-state index in [4.69, 9.17) is 10.5 Å². The van der Waals surface area contributed by atoms with Crippen molar-refractivity contribution in [1.82, 2.24) is 5.32 Å². The lowest BCUT2D eigenvalue weighted by Crippen LogP contribution is -2.51. The molecule has 5 heteroatoms. The van der Waals surface area contributed by atoms with Gasteiger partial charge in [-0.25, -0.2) is 0 Å². The van der Waals surface area contributed by atoms with Crippen molar-refractivity contribution < 1.29 is 9.53 Å². The van der Waals surface area contributed by atoms with Gasteiger partial charge in [0.2, 0.25) is 5.91 Å². The molecule has 0 aliphatic heterocycles. The number of rotatable bonds is 7. The van der Waals surface area contributed by atoms with Gasteiger partial charge >= 0.3 is 0 Å². The number of methoxy groups -OCH3 is 1. The van der Waals surface area contributed by atoms with Crippen molar-refractivity contribution in [2.24, 2.45) is 5.73 Å². The molecule has 1 amide bonds. The number of benzene rings is 1. The first-order valence-electron chi connectivity index (χ1n) is 5.77. The first kappa shape index (κ1) is 14.9. The molecule has 0 bridgehead atoms. The number of hydrogen-bond acceptors (Lipinski definition) is 4. The summed E-state index contributed by atoms with van der Waals surface area (Å²) in [5.41, 5.74) is 4.73. The van der Waals surface area contributed by atoms with Gasteiger partial charge in [0.05, 0.1) is 12.6 Å². The highest BCUT2D eigenvalue weighted by Crippen LogP contribution is 2.25. The number of carbonyl (C=O) groups is 1. The summed E-state index contributed by atoms with van der Waals surface area (Å²) in [4.78, 5) is 12.4. The summed E-state index contributed by atoms with van der Waals surface area (Å²) < 4.78 is 5.16. The lowest BCUT2D eigenvalue weighted by molar-refractivity contribution is -0.123. The van der Waals surface area contributed by atoms with Gasteiger partial charge in [0.25, 0.3) is 0 Å². The van der Waals surface area contributed by atoms with E-state index >= 15 is 0 Å². The van der Waals surface area contributed by atoms with Crippen LogP contribution in [0.5, 0.6) is 5.75 Å². The number of carbonyl (C=O) groups excluding carboxylic acids is 1. The average molecular weight is 268 g/mol. The van der Waals surface area contributed by atoms with Crippen molar-refractivity contribution >= 4 is 17.7 Å². The maximum atomic E-state index is 11.3. The Labute approximate surface area is 112 Å². The second kappa shape index (κ2) is 6.66. The van der Waals surface area contributed by atoms with Crippen LogP contribution in [0.2, 0.25) is 0 Å².